The van der Waals surface area contributed by atoms with Gasteiger partial charge >= 0.3 is 0 Å². The first-order chi connectivity index (χ1) is 10.7. The normalized spacial score (nSPS) is 12.7. The van der Waals surface area contributed by atoms with Gasteiger partial charge in [0.05, 0.1) is 12.1 Å². The molecule has 1 unspecified atom stereocenters. The van der Waals surface area contributed by atoms with Gasteiger partial charge in [0.1, 0.15) is 5.76 Å². The van der Waals surface area contributed by atoms with E-state index in [-0.39, 0.29) is 0 Å². The Morgan fingerprint density at radius 2 is 2.23 bits per heavy atom. The Balaban J connectivity index is 1.73. The van der Waals surface area contributed by atoms with E-state index in [9.17, 15) is 0 Å². The van der Waals surface area contributed by atoms with Crippen LogP contribution in [0.15, 0.2) is 25.8 Å². The maximum atomic E-state index is 5.72. The molecule has 116 valence electrons. The monoisotopic (exact) mass is 318 g/mol. The molecule has 3 rings (SSSR count). The minimum Gasteiger partial charge on any atom is -0.441 e. The van der Waals surface area contributed by atoms with E-state index in [4.69, 9.17) is 8.94 Å². The zero-order chi connectivity index (χ0) is 15.5. The van der Waals surface area contributed by atoms with Gasteiger partial charge in [0.2, 0.25) is 11.8 Å². The predicted octanol–water partition coefficient (Wildman–Crippen LogP) is 2.84. The lowest BCUT2D eigenvalue weighted by Gasteiger charge is -2.04. The molecule has 3 heterocycles. The highest BCUT2D eigenvalue weighted by Crippen LogP contribution is 2.24. The van der Waals surface area contributed by atoms with Crippen molar-refractivity contribution in [2.75, 3.05) is 7.05 Å². The van der Waals surface area contributed by atoms with Gasteiger partial charge in [0.25, 0.3) is 0 Å². The van der Waals surface area contributed by atoms with Crippen molar-refractivity contribution in [2.24, 2.45) is 0 Å². The number of thiophene rings is 1. The highest BCUT2D eigenvalue weighted by molar-refractivity contribution is 7.08. The third-order valence-corrected chi connectivity index (χ3v) is 4.15. The van der Waals surface area contributed by atoms with Gasteiger partial charge in [-0.1, -0.05) is 5.16 Å². The van der Waals surface area contributed by atoms with Crippen LogP contribution < -0.4 is 5.32 Å². The highest BCUT2D eigenvalue weighted by atomic mass is 32.1. The van der Waals surface area contributed by atoms with E-state index in [0.717, 1.165) is 23.4 Å². The number of likely N-dealkylation sites (N-methyl/N-ethyl adjacent to an activating group) is 1. The molecule has 0 aliphatic carbocycles. The Labute approximate surface area is 132 Å². The van der Waals surface area contributed by atoms with Crippen molar-refractivity contribution in [1.82, 2.24) is 20.4 Å². The van der Waals surface area contributed by atoms with Gasteiger partial charge < -0.3 is 14.3 Å². The standard InChI is InChI=1S/C15H18N4O2S/c1-9(16-3)6-13-18-14(21-19-13)7-12-10(2)20-15(17-12)11-4-5-22-8-11/h4-5,8-9,16H,6-7H2,1-3H3. The molecule has 22 heavy (non-hydrogen) atoms. The fourth-order valence-corrected chi connectivity index (χ4v) is 2.70. The average molecular weight is 318 g/mol. The first kappa shape index (κ1) is 14.9. The molecule has 0 amide bonds. The molecule has 6 nitrogen and oxygen atoms in total. The quantitative estimate of drug-likeness (QED) is 0.753. The van der Waals surface area contributed by atoms with Crippen molar-refractivity contribution >= 4 is 11.3 Å². The third kappa shape index (κ3) is 3.26. The summed E-state index contributed by atoms with van der Waals surface area (Å²) in [6.45, 7) is 3.98. The number of hydrogen-bond donors (Lipinski definition) is 1. The summed E-state index contributed by atoms with van der Waals surface area (Å²) in [6, 6.07) is 2.30. The summed E-state index contributed by atoms with van der Waals surface area (Å²) in [5, 5.41) is 11.2. The zero-order valence-electron chi connectivity index (χ0n) is 12.8. The van der Waals surface area contributed by atoms with Crippen molar-refractivity contribution in [3.8, 4) is 11.5 Å². The number of hydrogen-bond acceptors (Lipinski definition) is 7. The van der Waals surface area contributed by atoms with Crippen LogP contribution in [0.1, 0.15) is 30.1 Å². The summed E-state index contributed by atoms with van der Waals surface area (Å²) < 4.78 is 11.0. The molecule has 0 spiro atoms. The second kappa shape index (κ2) is 6.41. The number of aromatic nitrogens is 3. The Morgan fingerprint density at radius 1 is 1.36 bits per heavy atom. The van der Waals surface area contributed by atoms with E-state index in [1.54, 1.807) is 11.3 Å². The Bertz CT molecular complexity index is 733. The molecule has 1 atom stereocenters. The number of rotatable bonds is 6. The van der Waals surface area contributed by atoms with Crippen molar-refractivity contribution in [1.29, 1.82) is 0 Å². The van der Waals surface area contributed by atoms with E-state index < -0.39 is 0 Å². The molecule has 0 bridgehead atoms. The van der Waals surface area contributed by atoms with Crippen LogP contribution in [0.5, 0.6) is 0 Å². The molecule has 0 aliphatic rings. The Hall–Kier alpha value is -1.99. The van der Waals surface area contributed by atoms with Gasteiger partial charge in [-0.05, 0) is 32.3 Å². The fraction of sp³-hybridized carbons (Fsp3) is 0.400. The van der Waals surface area contributed by atoms with E-state index >= 15 is 0 Å². The minimum absolute atomic E-state index is 0.310. The number of nitrogens with one attached hydrogen (secondary N) is 1. The van der Waals surface area contributed by atoms with Crippen LogP contribution >= 0.6 is 11.3 Å². The van der Waals surface area contributed by atoms with Crippen LogP contribution in [0, 0.1) is 6.92 Å². The van der Waals surface area contributed by atoms with Gasteiger partial charge in [0, 0.05) is 23.4 Å². The Morgan fingerprint density at radius 3 is 2.95 bits per heavy atom. The molecule has 0 saturated carbocycles. The smallest absolute Gasteiger partial charge is 0.232 e. The third-order valence-electron chi connectivity index (χ3n) is 3.47. The molecular formula is C15H18N4O2S. The summed E-state index contributed by atoms with van der Waals surface area (Å²) in [5.41, 5.74) is 1.83. The van der Waals surface area contributed by atoms with E-state index in [2.05, 4.69) is 27.4 Å². The van der Waals surface area contributed by atoms with Crippen LogP contribution in [-0.2, 0) is 12.8 Å². The molecule has 0 fully saturated rings. The molecule has 0 aliphatic heterocycles. The van der Waals surface area contributed by atoms with Crippen LogP contribution in [0.4, 0.5) is 0 Å². The highest BCUT2D eigenvalue weighted by Gasteiger charge is 2.16. The van der Waals surface area contributed by atoms with Gasteiger partial charge in [-0.3, -0.25) is 0 Å². The minimum atomic E-state index is 0.310. The fourth-order valence-electron chi connectivity index (χ4n) is 2.07. The molecule has 3 aromatic heterocycles. The lowest BCUT2D eigenvalue weighted by atomic mass is 10.2. The molecule has 0 saturated heterocycles. The summed E-state index contributed by atoms with van der Waals surface area (Å²) in [6.07, 6.45) is 1.22. The lowest BCUT2D eigenvalue weighted by molar-refractivity contribution is 0.376. The van der Waals surface area contributed by atoms with Crippen LogP contribution in [0.25, 0.3) is 11.5 Å². The van der Waals surface area contributed by atoms with Gasteiger partial charge in [0.15, 0.2) is 5.82 Å². The van der Waals surface area contributed by atoms with E-state index in [1.807, 2.05) is 30.8 Å². The SMILES string of the molecule is CNC(C)Cc1noc(Cc2nc(-c3ccsc3)oc2C)n1. The number of nitrogens with zero attached hydrogens (tertiary/aromatic N) is 3. The van der Waals surface area contributed by atoms with Crippen molar-refractivity contribution in [2.45, 2.75) is 32.7 Å². The number of oxazole rings is 1. The first-order valence-electron chi connectivity index (χ1n) is 7.13. The van der Waals surface area contributed by atoms with E-state index in [1.165, 1.54) is 0 Å². The zero-order valence-corrected chi connectivity index (χ0v) is 13.6. The summed E-state index contributed by atoms with van der Waals surface area (Å²) in [4.78, 5) is 8.94. The molecular weight excluding hydrogens is 300 g/mol. The second-order valence-electron chi connectivity index (χ2n) is 5.21. The van der Waals surface area contributed by atoms with E-state index in [0.29, 0.717) is 30.1 Å². The molecule has 3 aromatic rings. The van der Waals surface area contributed by atoms with Crippen molar-refractivity contribution in [3.63, 3.8) is 0 Å². The molecule has 7 heteroatoms. The predicted molar refractivity (Wildman–Crippen MR) is 83.9 cm³/mol. The molecule has 0 radical (unpaired) electrons. The molecule has 0 aromatic carbocycles. The second-order valence-corrected chi connectivity index (χ2v) is 5.99. The molecule has 1 N–H and O–H groups in total. The van der Waals surface area contributed by atoms with Crippen molar-refractivity contribution < 1.29 is 8.94 Å². The largest absolute Gasteiger partial charge is 0.441 e. The summed E-state index contributed by atoms with van der Waals surface area (Å²) >= 11 is 1.62. The summed E-state index contributed by atoms with van der Waals surface area (Å²) in [5.74, 6) is 2.68. The van der Waals surface area contributed by atoms with Gasteiger partial charge in [-0.15, -0.1) is 0 Å². The number of aryl methyl sites for hydroxylation is 1. The van der Waals surface area contributed by atoms with Crippen LogP contribution in [0.2, 0.25) is 0 Å². The Kier molecular flexibility index (Phi) is 4.35. The van der Waals surface area contributed by atoms with Gasteiger partial charge in [-0.25, -0.2) is 4.98 Å². The first-order valence-corrected chi connectivity index (χ1v) is 8.07. The van der Waals surface area contributed by atoms with Crippen LogP contribution in [-0.4, -0.2) is 28.2 Å². The van der Waals surface area contributed by atoms with Crippen LogP contribution in [0.3, 0.4) is 0 Å². The maximum absolute atomic E-state index is 5.72. The maximum Gasteiger partial charge on any atom is 0.232 e. The van der Waals surface area contributed by atoms with Crippen molar-refractivity contribution in [3.05, 3.63) is 40.0 Å². The average Bonchev–Trinajstić information content (AvgIpc) is 3.22. The lowest BCUT2D eigenvalue weighted by Crippen LogP contribution is -2.24. The van der Waals surface area contributed by atoms with Gasteiger partial charge in [-0.2, -0.15) is 16.3 Å². The topological polar surface area (TPSA) is 77.0 Å². The summed E-state index contributed by atoms with van der Waals surface area (Å²) in [7, 11) is 1.91.